The van der Waals surface area contributed by atoms with E-state index in [9.17, 15) is 27.1 Å². The lowest BCUT2D eigenvalue weighted by Gasteiger charge is -2.34. The smallest absolute Gasteiger partial charge is 0.406 e. The number of hydrazone groups is 1. The normalized spacial score (nSPS) is 14.6. The van der Waals surface area contributed by atoms with Gasteiger partial charge in [-0.3, -0.25) is 4.98 Å². The predicted molar refractivity (Wildman–Crippen MR) is 118 cm³/mol. The molecule has 0 aliphatic heterocycles. The molecule has 1 heterocycles. The zero-order valence-electron chi connectivity index (χ0n) is 18.8. The molecule has 3 N–H and O–H groups in total. The molecule has 1 aromatic heterocycles. The van der Waals surface area contributed by atoms with Gasteiger partial charge in [-0.05, 0) is 42.8 Å². The molecule has 0 bridgehead atoms. The topological polar surface area (TPSA) is 105 Å². The van der Waals surface area contributed by atoms with Crippen LogP contribution in [0.4, 0.5) is 30.7 Å². The van der Waals surface area contributed by atoms with E-state index in [0.717, 1.165) is 24.4 Å². The van der Waals surface area contributed by atoms with Gasteiger partial charge in [-0.15, -0.1) is 18.3 Å². The first-order valence-corrected chi connectivity index (χ1v) is 10.3. The van der Waals surface area contributed by atoms with Crippen molar-refractivity contribution in [3.8, 4) is 16.9 Å². The van der Waals surface area contributed by atoms with Crippen molar-refractivity contribution in [2.75, 3.05) is 6.54 Å². The summed E-state index contributed by atoms with van der Waals surface area (Å²) in [6, 6.07) is 8.23. The molecule has 0 spiro atoms. The lowest BCUT2D eigenvalue weighted by molar-refractivity contribution is -0.274. The number of azo groups is 1. The minimum absolute atomic E-state index is 0.126. The Bertz CT molecular complexity index is 1300. The summed E-state index contributed by atoms with van der Waals surface area (Å²) < 4.78 is 100. The van der Waals surface area contributed by atoms with Gasteiger partial charge in [-0.1, -0.05) is 18.2 Å². The number of ether oxygens (including phenoxy) is 1. The zero-order valence-corrected chi connectivity index (χ0v) is 18.8. The summed E-state index contributed by atoms with van der Waals surface area (Å²) in [5, 5.41) is 21.1. The van der Waals surface area contributed by atoms with Crippen molar-refractivity contribution in [1.29, 1.82) is 0 Å². The molecule has 0 radical (unpaired) electrons. The highest BCUT2D eigenvalue weighted by molar-refractivity contribution is 5.79. The Labute approximate surface area is 205 Å². The van der Waals surface area contributed by atoms with Crippen molar-refractivity contribution < 1.29 is 40.6 Å². The highest BCUT2D eigenvalue weighted by atomic mass is 19.4. The van der Waals surface area contributed by atoms with Crippen molar-refractivity contribution in [3.63, 3.8) is 0 Å². The van der Waals surface area contributed by atoms with Gasteiger partial charge in [0.15, 0.2) is 11.4 Å². The molecule has 196 valence electrons. The third kappa shape index (κ3) is 6.20. The highest BCUT2D eigenvalue weighted by Gasteiger charge is 2.57. The van der Waals surface area contributed by atoms with E-state index in [0.29, 0.717) is 23.8 Å². The number of benzene rings is 2. The summed E-state index contributed by atoms with van der Waals surface area (Å²) in [7, 11) is 0. The number of rotatable bonds is 7. The second kappa shape index (κ2) is 10.5. The van der Waals surface area contributed by atoms with Gasteiger partial charge in [0.05, 0.1) is 6.54 Å². The van der Waals surface area contributed by atoms with Gasteiger partial charge in [0.2, 0.25) is 0 Å². The summed E-state index contributed by atoms with van der Waals surface area (Å²) in [5.74, 6) is -2.42. The van der Waals surface area contributed by atoms with Crippen molar-refractivity contribution >= 4 is 5.84 Å². The van der Waals surface area contributed by atoms with Gasteiger partial charge >= 0.3 is 12.3 Å². The zero-order chi connectivity index (χ0) is 27.4. The van der Waals surface area contributed by atoms with Crippen molar-refractivity contribution in [3.05, 3.63) is 83.7 Å². The third-order valence-electron chi connectivity index (χ3n) is 5.10. The number of aromatic nitrogens is 1. The predicted octanol–water partition coefficient (Wildman–Crippen LogP) is 5.65. The molecule has 1 atom stereocenters. The molecule has 0 aliphatic carbocycles. The van der Waals surface area contributed by atoms with E-state index in [2.05, 4.69) is 25.1 Å². The number of nitrogens with two attached hydrogens (primary N) is 1. The molecule has 0 saturated carbocycles. The van der Waals surface area contributed by atoms with Crippen LogP contribution in [0, 0.1) is 11.6 Å². The third-order valence-corrected chi connectivity index (χ3v) is 5.10. The molecular weight excluding hydrogens is 511 g/mol. The Kier molecular flexibility index (Phi) is 7.81. The monoisotopic (exact) mass is 529 g/mol. The van der Waals surface area contributed by atoms with E-state index in [1.54, 1.807) is 0 Å². The van der Waals surface area contributed by atoms with E-state index in [4.69, 9.17) is 5.84 Å². The minimum Gasteiger partial charge on any atom is -0.406 e. The van der Waals surface area contributed by atoms with Crippen LogP contribution in [0.25, 0.3) is 11.1 Å². The van der Waals surface area contributed by atoms with E-state index >= 15 is 8.78 Å². The van der Waals surface area contributed by atoms with Crippen LogP contribution in [0.3, 0.4) is 0 Å². The Balaban J connectivity index is 1.98. The molecule has 0 fully saturated rings. The Hall–Kier alpha value is -4.07. The van der Waals surface area contributed by atoms with Crippen LogP contribution in [0.2, 0.25) is 0 Å². The van der Waals surface area contributed by atoms with Crippen LogP contribution in [0.15, 0.2) is 76.1 Å². The molecule has 7 nitrogen and oxygen atoms in total. The first kappa shape index (κ1) is 27.5. The van der Waals surface area contributed by atoms with Crippen molar-refractivity contribution in [1.82, 2.24) is 4.98 Å². The maximum atomic E-state index is 15.7. The average Bonchev–Trinajstić information content (AvgIpc) is 2.83. The van der Waals surface area contributed by atoms with Gasteiger partial charge in [-0.25, -0.2) is 8.78 Å². The number of alkyl halides is 5. The lowest BCUT2D eigenvalue weighted by Crippen LogP contribution is -2.47. The van der Waals surface area contributed by atoms with Crippen LogP contribution in [-0.2, 0) is 11.5 Å². The molecule has 3 rings (SSSR count). The van der Waals surface area contributed by atoms with Crippen molar-refractivity contribution in [2.45, 2.75) is 24.8 Å². The Morgan fingerprint density at radius 2 is 1.62 bits per heavy atom. The van der Waals surface area contributed by atoms with Crippen LogP contribution in [-0.4, -0.2) is 28.8 Å². The van der Waals surface area contributed by atoms with Gasteiger partial charge in [-0.2, -0.15) is 19.0 Å². The number of hydrogen-bond donors (Lipinski definition) is 2. The molecule has 3 aromatic rings. The van der Waals surface area contributed by atoms with E-state index in [1.807, 2.05) is 0 Å². The lowest BCUT2D eigenvalue weighted by atomic mass is 9.84. The molecule has 2 aromatic carbocycles. The SMILES string of the molecule is C/C(N=NCC(O)(c1ccc(F)cc1F)C(F)(F)c1ccc(-c2ccc(OC(F)(F)F)cc2)cn1)=N/N. The highest BCUT2D eigenvalue weighted by Crippen LogP contribution is 2.46. The fourth-order valence-electron chi connectivity index (χ4n) is 3.26. The Morgan fingerprint density at radius 3 is 2.16 bits per heavy atom. The van der Waals surface area contributed by atoms with Gasteiger partial charge < -0.3 is 15.7 Å². The molecule has 0 amide bonds. The second-order valence-electron chi connectivity index (χ2n) is 7.64. The molecular formula is C23H18F7N5O2. The fraction of sp³-hybridized carbons (Fsp3) is 0.217. The molecule has 0 aliphatic rings. The molecule has 37 heavy (non-hydrogen) atoms. The van der Waals surface area contributed by atoms with Crippen LogP contribution >= 0.6 is 0 Å². The summed E-state index contributed by atoms with van der Waals surface area (Å²) >= 11 is 0. The number of amidine groups is 1. The van der Waals surface area contributed by atoms with E-state index < -0.39 is 53.1 Å². The fourth-order valence-corrected chi connectivity index (χ4v) is 3.26. The summed E-state index contributed by atoms with van der Waals surface area (Å²) in [5.41, 5.74) is -4.77. The first-order chi connectivity index (χ1) is 17.3. The van der Waals surface area contributed by atoms with Crippen LogP contribution < -0.4 is 10.6 Å². The number of nitrogens with zero attached hydrogens (tertiary/aromatic N) is 4. The summed E-state index contributed by atoms with van der Waals surface area (Å²) in [6.07, 6.45) is -3.90. The summed E-state index contributed by atoms with van der Waals surface area (Å²) in [4.78, 5) is 3.67. The number of pyridine rings is 1. The van der Waals surface area contributed by atoms with E-state index in [-0.39, 0.29) is 11.4 Å². The molecule has 1 unspecified atom stereocenters. The number of halogens is 7. The minimum atomic E-state index is -4.88. The van der Waals surface area contributed by atoms with Gasteiger partial charge in [0.1, 0.15) is 23.1 Å². The largest absolute Gasteiger partial charge is 0.573 e. The second-order valence-corrected chi connectivity index (χ2v) is 7.64. The first-order valence-electron chi connectivity index (χ1n) is 10.3. The maximum absolute atomic E-state index is 15.7. The molecule has 0 saturated heterocycles. The standard InChI is InChI=1S/C23H18F7N5O2/c1-13(34-31)35-33-12-21(36,18-8-5-16(24)10-19(18)25)22(26,27)20-9-4-15(11-32-20)14-2-6-17(7-3-14)37-23(28,29)30/h2-11,36H,12,31H2,1H3/b34-13-,35-33?. The van der Waals surface area contributed by atoms with Gasteiger partial charge in [0.25, 0.3) is 0 Å². The summed E-state index contributed by atoms with van der Waals surface area (Å²) in [6.45, 7) is 0.112. The molecule has 14 heteroatoms. The maximum Gasteiger partial charge on any atom is 0.573 e. The van der Waals surface area contributed by atoms with Crippen molar-refractivity contribution in [2.24, 2.45) is 21.2 Å². The van der Waals surface area contributed by atoms with Gasteiger partial charge in [0, 0.05) is 23.4 Å². The average molecular weight is 529 g/mol. The number of aliphatic hydroxyl groups is 1. The number of hydrogen-bond acceptors (Lipinski definition) is 6. The van der Waals surface area contributed by atoms with Crippen LogP contribution in [0.5, 0.6) is 5.75 Å². The van der Waals surface area contributed by atoms with Crippen LogP contribution in [0.1, 0.15) is 18.2 Å². The van der Waals surface area contributed by atoms with E-state index in [1.165, 1.54) is 25.1 Å². The quantitative estimate of drug-likeness (QED) is 0.103. The Morgan fingerprint density at radius 1 is 0.973 bits per heavy atom.